The van der Waals surface area contributed by atoms with Crippen LogP contribution in [0.15, 0.2) is 109 Å². The Morgan fingerprint density at radius 1 is 0.452 bits per heavy atom. The van der Waals surface area contributed by atoms with Gasteiger partial charge in [0.25, 0.3) is 0 Å². The molecule has 0 fully saturated rings. The maximum Gasteiger partial charge on any atom is -0.00173 e. The van der Waals surface area contributed by atoms with Crippen LogP contribution in [0.4, 0.5) is 0 Å². The second-order valence-corrected chi connectivity index (χ2v) is 12.0. The van der Waals surface area contributed by atoms with Crippen molar-refractivity contribution in [3.05, 3.63) is 131 Å². The van der Waals surface area contributed by atoms with E-state index in [2.05, 4.69) is 123 Å². The molecule has 0 nitrogen and oxygen atoms in total. The Morgan fingerprint density at radius 3 is 1.50 bits per heavy atom. The van der Waals surface area contributed by atoms with E-state index in [0.717, 1.165) is 19.3 Å². The van der Waals surface area contributed by atoms with Crippen LogP contribution in [0.1, 0.15) is 48.9 Å². The standard InChI is InChI=1S/C42H36/c1-3-27-25-28-15-5-8-18-32(28)39(31(27)4-2)41-35-21-11-13-23-37(35)42(38-24-14-12-22-36(38)41)40-33-19-9-6-16-29(33)26-30-17-7-10-20-34(30)40/h5-6,8-9,11-16,18-19,21-26H,3-4,7,10,17,20H2,1-2H3. The Hall–Kier alpha value is -4.42. The molecule has 0 radical (unpaired) electrons. The summed E-state index contributed by atoms with van der Waals surface area (Å²) in [6, 6.07) is 41.5. The normalized spacial score (nSPS) is 13.3. The summed E-state index contributed by atoms with van der Waals surface area (Å²) in [5.41, 5.74) is 11.7. The van der Waals surface area contributed by atoms with Crippen LogP contribution in [0.2, 0.25) is 0 Å². The van der Waals surface area contributed by atoms with Crippen LogP contribution in [-0.4, -0.2) is 0 Å². The summed E-state index contributed by atoms with van der Waals surface area (Å²) in [6.45, 7) is 4.63. The van der Waals surface area contributed by atoms with Crippen LogP contribution in [0, 0.1) is 0 Å². The van der Waals surface area contributed by atoms with E-state index in [-0.39, 0.29) is 0 Å². The summed E-state index contributed by atoms with van der Waals surface area (Å²) in [5, 5.41) is 10.9. The molecule has 0 aliphatic heterocycles. The SMILES string of the molecule is CCc1cc2ccccc2c(-c2c3ccccc3c(-c3c4c(cc5ccccc35)CCCC4)c3ccccc23)c1CC. The van der Waals surface area contributed by atoms with Gasteiger partial charge in [-0.3, -0.25) is 0 Å². The molecule has 0 saturated carbocycles. The zero-order valence-electron chi connectivity index (χ0n) is 24.6. The Balaban J connectivity index is 1.61. The summed E-state index contributed by atoms with van der Waals surface area (Å²) in [4.78, 5) is 0. The van der Waals surface area contributed by atoms with Gasteiger partial charge in [0.15, 0.2) is 0 Å². The number of fused-ring (bicyclic) bond motifs is 5. The number of rotatable bonds is 4. The molecular weight excluding hydrogens is 504 g/mol. The van der Waals surface area contributed by atoms with Crippen LogP contribution < -0.4 is 0 Å². The Labute approximate surface area is 248 Å². The van der Waals surface area contributed by atoms with E-state index >= 15 is 0 Å². The first kappa shape index (κ1) is 25.3. The summed E-state index contributed by atoms with van der Waals surface area (Å²) in [7, 11) is 0. The van der Waals surface area contributed by atoms with Gasteiger partial charge < -0.3 is 0 Å². The van der Waals surface area contributed by atoms with Gasteiger partial charge in [0.05, 0.1) is 0 Å². The number of aryl methyl sites for hydroxylation is 2. The van der Waals surface area contributed by atoms with Crippen LogP contribution in [0.25, 0.3) is 65.3 Å². The summed E-state index contributed by atoms with van der Waals surface area (Å²) in [5.74, 6) is 0. The van der Waals surface area contributed by atoms with Crippen molar-refractivity contribution in [1.82, 2.24) is 0 Å². The molecule has 1 aliphatic carbocycles. The minimum atomic E-state index is 1.02. The molecule has 0 aromatic heterocycles. The predicted molar refractivity (Wildman–Crippen MR) is 183 cm³/mol. The van der Waals surface area contributed by atoms with Gasteiger partial charge in [-0.25, -0.2) is 0 Å². The van der Waals surface area contributed by atoms with Gasteiger partial charge in [-0.1, -0.05) is 123 Å². The Kier molecular flexibility index (Phi) is 6.11. The van der Waals surface area contributed by atoms with Crippen molar-refractivity contribution in [2.75, 3.05) is 0 Å². The average Bonchev–Trinajstić information content (AvgIpc) is 3.05. The van der Waals surface area contributed by atoms with E-state index in [1.807, 2.05) is 0 Å². The second-order valence-electron chi connectivity index (χ2n) is 12.0. The molecule has 0 heterocycles. The third-order valence-electron chi connectivity index (χ3n) is 9.79. The van der Waals surface area contributed by atoms with Crippen molar-refractivity contribution >= 4 is 43.1 Å². The fraction of sp³-hybridized carbons (Fsp3) is 0.190. The molecule has 0 spiro atoms. The second kappa shape index (κ2) is 10.1. The molecule has 0 atom stereocenters. The van der Waals surface area contributed by atoms with Crippen LogP contribution in [-0.2, 0) is 25.7 Å². The fourth-order valence-electron chi connectivity index (χ4n) is 7.98. The number of hydrogen-bond acceptors (Lipinski definition) is 0. The molecule has 0 bridgehead atoms. The average molecular weight is 541 g/mol. The van der Waals surface area contributed by atoms with Gasteiger partial charge in [0.2, 0.25) is 0 Å². The monoisotopic (exact) mass is 540 g/mol. The first-order chi connectivity index (χ1) is 20.8. The third-order valence-corrected chi connectivity index (χ3v) is 9.79. The van der Waals surface area contributed by atoms with Crippen LogP contribution in [0.3, 0.4) is 0 Å². The molecule has 7 aromatic carbocycles. The van der Waals surface area contributed by atoms with Gasteiger partial charge in [-0.2, -0.15) is 0 Å². The highest BCUT2D eigenvalue weighted by Crippen LogP contribution is 2.50. The van der Waals surface area contributed by atoms with Crippen molar-refractivity contribution in [1.29, 1.82) is 0 Å². The van der Waals surface area contributed by atoms with Crippen molar-refractivity contribution in [3.8, 4) is 22.3 Å². The molecule has 42 heavy (non-hydrogen) atoms. The minimum Gasteiger partial charge on any atom is -0.0616 e. The van der Waals surface area contributed by atoms with Crippen molar-refractivity contribution in [3.63, 3.8) is 0 Å². The highest BCUT2D eigenvalue weighted by Gasteiger charge is 2.25. The van der Waals surface area contributed by atoms with Gasteiger partial charge in [-0.15, -0.1) is 0 Å². The first-order valence-electron chi connectivity index (χ1n) is 15.8. The first-order valence-corrected chi connectivity index (χ1v) is 15.8. The zero-order chi connectivity index (χ0) is 28.2. The molecule has 8 rings (SSSR count). The molecule has 7 aromatic rings. The lowest BCUT2D eigenvalue weighted by Crippen LogP contribution is -2.06. The highest BCUT2D eigenvalue weighted by molar-refractivity contribution is 6.26. The topological polar surface area (TPSA) is 0 Å². The van der Waals surface area contributed by atoms with Crippen molar-refractivity contribution < 1.29 is 0 Å². The molecule has 204 valence electrons. The van der Waals surface area contributed by atoms with Gasteiger partial charge >= 0.3 is 0 Å². The molecule has 0 heteroatoms. The number of hydrogen-bond donors (Lipinski definition) is 0. The van der Waals surface area contributed by atoms with E-state index in [1.165, 1.54) is 95.7 Å². The molecule has 0 amide bonds. The summed E-state index contributed by atoms with van der Waals surface area (Å²) >= 11 is 0. The molecule has 0 unspecified atom stereocenters. The van der Waals surface area contributed by atoms with Crippen molar-refractivity contribution in [2.24, 2.45) is 0 Å². The van der Waals surface area contributed by atoms with E-state index in [1.54, 1.807) is 11.1 Å². The minimum absolute atomic E-state index is 1.02. The lowest BCUT2D eigenvalue weighted by molar-refractivity contribution is 0.688. The zero-order valence-corrected chi connectivity index (χ0v) is 24.6. The van der Waals surface area contributed by atoms with E-state index in [4.69, 9.17) is 0 Å². The van der Waals surface area contributed by atoms with Gasteiger partial charge in [-0.05, 0) is 126 Å². The maximum atomic E-state index is 2.47. The van der Waals surface area contributed by atoms with E-state index in [0.29, 0.717) is 0 Å². The Morgan fingerprint density at radius 2 is 0.929 bits per heavy atom. The van der Waals surface area contributed by atoms with Crippen LogP contribution >= 0.6 is 0 Å². The summed E-state index contributed by atoms with van der Waals surface area (Å²) < 4.78 is 0. The Bertz CT molecular complexity index is 1970. The maximum absolute atomic E-state index is 2.47. The molecule has 1 aliphatic rings. The predicted octanol–water partition coefficient (Wildman–Crippen LogP) is 11.6. The van der Waals surface area contributed by atoms with Crippen molar-refractivity contribution in [2.45, 2.75) is 52.4 Å². The largest absolute Gasteiger partial charge is 0.0616 e. The lowest BCUT2D eigenvalue weighted by atomic mass is 9.77. The van der Waals surface area contributed by atoms with Gasteiger partial charge in [0.1, 0.15) is 0 Å². The smallest absolute Gasteiger partial charge is 0.00173 e. The quantitative estimate of drug-likeness (QED) is 0.195. The molecule has 0 saturated heterocycles. The van der Waals surface area contributed by atoms with E-state index < -0.39 is 0 Å². The lowest BCUT2D eigenvalue weighted by Gasteiger charge is -2.26. The molecule has 0 N–H and O–H groups in total. The summed E-state index contributed by atoms with van der Waals surface area (Å²) in [6.07, 6.45) is 6.94. The molecular formula is C42H36. The number of benzene rings is 7. The fourth-order valence-corrected chi connectivity index (χ4v) is 7.98. The van der Waals surface area contributed by atoms with E-state index in [9.17, 15) is 0 Å². The highest BCUT2D eigenvalue weighted by atomic mass is 14.3. The van der Waals surface area contributed by atoms with Gasteiger partial charge in [0, 0.05) is 0 Å². The third kappa shape index (κ3) is 3.75. The van der Waals surface area contributed by atoms with Crippen LogP contribution in [0.5, 0.6) is 0 Å².